The molecule has 3 aromatic carbocycles. The molecule has 0 radical (unpaired) electrons. The van der Waals surface area contributed by atoms with Gasteiger partial charge in [-0.25, -0.2) is 14.0 Å². The van der Waals surface area contributed by atoms with Crippen molar-refractivity contribution in [1.82, 2.24) is 20.4 Å². The highest BCUT2D eigenvalue weighted by Gasteiger charge is 2.46. The van der Waals surface area contributed by atoms with E-state index in [-0.39, 0.29) is 68.2 Å². The van der Waals surface area contributed by atoms with Crippen molar-refractivity contribution in [3.05, 3.63) is 101 Å². The molecule has 356 valence electrons. The summed E-state index contributed by atoms with van der Waals surface area (Å²) >= 11 is 0. The van der Waals surface area contributed by atoms with Gasteiger partial charge in [-0.1, -0.05) is 90.1 Å². The Morgan fingerprint density at radius 3 is 1.32 bits per heavy atom. The van der Waals surface area contributed by atoms with Crippen LogP contribution in [0.5, 0.6) is 0 Å². The number of carbonyl (C=O) groups is 6. The average Bonchev–Trinajstić information content (AvgIpc) is 4.01. The third kappa shape index (κ3) is 11.4. The first-order chi connectivity index (χ1) is 31.1. The molecule has 15 nitrogen and oxygen atoms in total. The average molecular weight is 914 g/mol. The van der Waals surface area contributed by atoms with Crippen LogP contribution in [0.2, 0.25) is 0 Å². The van der Waals surface area contributed by atoms with Gasteiger partial charge in [0, 0.05) is 44.5 Å². The van der Waals surface area contributed by atoms with Crippen LogP contribution in [0, 0.1) is 16.6 Å². The standard InChI is InChI=1S/C50H64FN5O10/c1-49(2,3)43(52-47(63)65-7)45(61)54-27-35(57)25-39(54)41(59)23-29-9-13-31(14-10-29)37-21-22-38(56(37)34-19-17-33(51)18-20-34)32-15-11-30(12-16-32)24-42(60)40-26-36(58)28-55(40)46(62)44(50(4,5)6)53-48(64)66-8/h9-20,35-40,43-44,57-58H,21-28H2,1-8H3,(H,52,63)(H,53,64)/t35-,36-,37-,38-,39-,40-,43+,44?/m0/s1. The number of aliphatic hydroxyl groups excluding tert-OH is 2. The molecule has 0 bridgehead atoms. The predicted octanol–water partition coefficient (Wildman–Crippen LogP) is 5.60. The molecular formula is C50H64FN5O10. The van der Waals surface area contributed by atoms with Gasteiger partial charge in [0.25, 0.3) is 0 Å². The van der Waals surface area contributed by atoms with Gasteiger partial charge in [-0.15, -0.1) is 0 Å². The number of anilines is 1. The molecule has 0 spiro atoms. The summed E-state index contributed by atoms with van der Waals surface area (Å²) in [6.45, 7) is 10.7. The highest BCUT2D eigenvalue weighted by atomic mass is 19.1. The van der Waals surface area contributed by atoms with Crippen LogP contribution in [0.1, 0.15) is 102 Å². The monoisotopic (exact) mass is 913 g/mol. The molecule has 3 aliphatic heterocycles. The second-order valence-electron chi connectivity index (χ2n) is 19.9. The molecule has 66 heavy (non-hydrogen) atoms. The van der Waals surface area contributed by atoms with Crippen molar-refractivity contribution >= 4 is 41.3 Å². The highest BCUT2D eigenvalue weighted by Crippen LogP contribution is 2.47. The van der Waals surface area contributed by atoms with Crippen molar-refractivity contribution in [1.29, 1.82) is 0 Å². The smallest absolute Gasteiger partial charge is 0.407 e. The number of carbonyl (C=O) groups excluding carboxylic acids is 6. The van der Waals surface area contributed by atoms with Crippen LogP contribution in [-0.2, 0) is 41.5 Å². The lowest BCUT2D eigenvalue weighted by molar-refractivity contribution is -0.141. The Balaban J connectivity index is 1.16. The zero-order chi connectivity index (χ0) is 48.2. The van der Waals surface area contributed by atoms with E-state index < -0.39 is 71.2 Å². The topological polar surface area (TPSA) is 195 Å². The number of ketones is 2. The third-order valence-electron chi connectivity index (χ3n) is 13.0. The molecule has 0 aromatic heterocycles. The lowest BCUT2D eigenvalue weighted by atomic mass is 9.85. The number of hydrogen-bond acceptors (Lipinski definition) is 11. The van der Waals surface area contributed by atoms with E-state index in [0.29, 0.717) is 0 Å². The van der Waals surface area contributed by atoms with Gasteiger partial charge in [0.1, 0.15) is 17.9 Å². The number of hydrogen-bond donors (Lipinski definition) is 4. The summed E-state index contributed by atoms with van der Waals surface area (Å²) in [4.78, 5) is 84.5. The number of nitrogens with one attached hydrogen (secondary N) is 2. The number of nitrogens with zero attached hydrogens (tertiary/aromatic N) is 3. The van der Waals surface area contributed by atoms with Crippen LogP contribution in [0.3, 0.4) is 0 Å². The number of Topliss-reactive ketones (excluding diaryl/α,β-unsaturated/α-hetero) is 2. The van der Waals surface area contributed by atoms with Crippen molar-refractivity contribution in [2.75, 3.05) is 32.2 Å². The van der Waals surface area contributed by atoms with E-state index in [1.54, 1.807) is 53.7 Å². The zero-order valence-corrected chi connectivity index (χ0v) is 39.1. The summed E-state index contributed by atoms with van der Waals surface area (Å²) in [5.41, 5.74) is 2.86. The second kappa shape index (κ2) is 20.3. The summed E-state index contributed by atoms with van der Waals surface area (Å²) in [7, 11) is 2.42. The lowest BCUT2D eigenvalue weighted by Gasteiger charge is -2.35. The van der Waals surface area contributed by atoms with E-state index in [9.17, 15) is 43.4 Å². The minimum atomic E-state index is -0.986. The Labute approximate surface area is 386 Å². The first-order valence-electron chi connectivity index (χ1n) is 22.5. The van der Waals surface area contributed by atoms with Gasteiger partial charge in [0.05, 0.1) is 50.6 Å². The summed E-state index contributed by atoms with van der Waals surface area (Å²) in [6.07, 6.45) is -1.57. The van der Waals surface area contributed by atoms with Crippen LogP contribution in [0.25, 0.3) is 0 Å². The molecule has 0 saturated carbocycles. The fourth-order valence-electron chi connectivity index (χ4n) is 9.50. The molecule has 3 fully saturated rings. The van der Waals surface area contributed by atoms with Gasteiger partial charge in [-0.2, -0.15) is 0 Å². The maximum Gasteiger partial charge on any atom is 0.407 e. The molecule has 16 heteroatoms. The summed E-state index contributed by atoms with van der Waals surface area (Å²) < 4.78 is 23.7. The first-order valence-corrected chi connectivity index (χ1v) is 22.5. The number of halogens is 1. The molecule has 3 heterocycles. The van der Waals surface area contributed by atoms with Crippen molar-refractivity contribution in [3.8, 4) is 0 Å². The number of methoxy groups -OCH3 is 2. The van der Waals surface area contributed by atoms with Gasteiger partial charge < -0.3 is 45.0 Å². The second-order valence-corrected chi connectivity index (χ2v) is 19.9. The predicted molar refractivity (Wildman–Crippen MR) is 244 cm³/mol. The molecule has 3 aliphatic rings. The molecule has 6 rings (SSSR count). The van der Waals surface area contributed by atoms with Crippen LogP contribution in [0.4, 0.5) is 19.7 Å². The number of benzene rings is 3. The minimum Gasteiger partial charge on any atom is -0.453 e. The minimum absolute atomic E-state index is 0.0234. The van der Waals surface area contributed by atoms with Crippen molar-refractivity contribution in [2.45, 2.75) is 129 Å². The molecule has 3 saturated heterocycles. The molecule has 3 aromatic rings. The lowest BCUT2D eigenvalue weighted by Crippen LogP contribution is -2.56. The number of rotatable bonds is 13. The van der Waals surface area contributed by atoms with Crippen LogP contribution >= 0.6 is 0 Å². The van der Waals surface area contributed by atoms with Crippen LogP contribution in [-0.4, -0.2) is 119 Å². The zero-order valence-electron chi connectivity index (χ0n) is 39.1. The molecule has 8 atom stereocenters. The highest BCUT2D eigenvalue weighted by molar-refractivity contribution is 5.95. The van der Waals surface area contributed by atoms with E-state index in [1.165, 1.54) is 36.2 Å². The van der Waals surface area contributed by atoms with E-state index in [0.717, 1.165) is 40.8 Å². The van der Waals surface area contributed by atoms with Gasteiger partial charge >= 0.3 is 12.2 Å². The fraction of sp³-hybridized carbons (Fsp3) is 0.520. The third-order valence-corrected chi connectivity index (χ3v) is 13.0. The van der Waals surface area contributed by atoms with Gasteiger partial charge in [0.2, 0.25) is 11.8 Å². The fourth-order valence-corrected chi connectivity index (χ4v) is 9.50. The molecule has 1 unspecified atom stereocenters. The van der Waals surface area contributed by atoms with E-state index in [4.69, 9.17) is 9.47 Å². The molecule has 4 amide bonds. The summed E-state index contributed by atoms with van der Waals surface area (Å²) in [5.74, 6) is -1.76. The van der Waals surface area contributed by atoms with E-state index in [2.05, 4.69) is 15.5 Å². The quantitative estimate of drug-likeness (QED) is 0.167. The maximum atomic E-state index is 14.2. The van der Waals surface area contributed by atoms with Crippen molar-refractivity contribution < 1.29 is 52.8 Å². The Morgan fingerprint density at radius 2 is 0.985 bits per heavy atom. The SMILES string of the molecule is COC(=O)NC(C(=O)N1C[C@@H](O)C[C@H]1C(=O)Cc1ccc([C@@H]2CC[C@@H](c3ccc(CC(=O)[C@@H]4C[C@H](O)CN4C(=O)[C@@H](NC(=O)OC)C(C)(C)C)cc3)N2c2ccc(F)cc2)cc1)C(C)(C)C. The number of aliphatic hydroxyl groups is 2. The van der Waals surface area contributed by atoms with Gasteiger partial charge in [-0.3, -0.25) is 19.2 Å². The maximum absolute atomic E-state index is 14.2. The Kier molecular flexibility index (Phi) is 15.3. The Hall–Kier alpha value is -5.87. The Bertz CT molecular complexity index is 2110. The Morgan fingerprint density at radius 1 is 0.621 bits per heavy atom. The largest absolute Gasteiger partial charge is 0.453 e. The van der Waals surface area contributed by atoms with E-state index in [1.807, 2.05) is 48.5 Å². The normalized spacial score (nSPS) is 23.0. The molecular weight excluding hydrogens is 850 g/mol. The van der Waals surface area contributed by atoms with E-state index >= 15 is 0 Å². The van der Waals surface area contributed by atoms with Crippen molar-refractivity contribution in [3.63, 3.8) is 0 Å². The van der Waals surface area contributed by atoms with Crippen LogP contribution in [0.15, 0.2) is 72.8 Å². The molecule has 0 aliphatic carbocycles. The number of likely N-dealkylation sites (tertiary alicyclic amines) is 2. The van der Waals surface area contributed by atoms with Gasteiger partial charge in [-0.05, 0) is 70.2 Å². The number of β-amino-alcohol motifs (C(OH)–C–C–N with tert-alkyl or cyclic N) is 2. The number of ether oxygens (including phenoxy) is 2. The van der Waals surface area contributed by atoms with Crippen molar-refractivity contribution in [2.24, 2.45) is 10.8 Å². The number of amides is 4. The van der Waals surface area contributed by atoms with Gasteiger partial charge in [0.15, 0.2) is 11.6 Å². The molecule has 4 N–H and O–H groups in total. The van der Waals surface area contributed by atoms with Crippen LogP contribution < -0.4 is 15.5 Å². The number of alkyl carbamates (subject to hydrolysis) is 2. The summed E-state index contributed by atoms with van der Waals surface area (Å²) in [5, 5.41) is 26.4. The summed E-state index contributed by atoms with van der Waals surface area (Å²) in [6, 6.07) is 17.9. The first kappa shape index (κ1) is 49.6.